The molecule has 0 aliphatic carbocycles. The second kappa shape index (κ2) is 4.77. The zero-order chi connectivity index (χ0) is 14.3. The smallest absolute Gasteiger partial charge is 0.227 e. The molecule has 108 valence electrons. The summed E-state index contributed by atoms with van der Waals surface area (Å²) in [6.07, 6.45) is 0.854. The molecule has 1 amide bonds. The number of methoxy groups -OCH3 is 1. The van der Waals surface area contributed by atoms with E-state index >= 15 is 0 Å². The summed E-state index contributed by atoms with van der Waals surface area (Å²) in [6.45, 7) is 0.348. The zero-order valence-electron chi connectivity index (χ0n) is 11.3. The van der Waals surface area contributed by atoms with E-state index in [-0.39, 0.29) is 29.4 Å². The molecule has 2 fully saturated rings. The molecule has 0 saturated carbocycles. The number of amides is 1. The maximum Gasteiger partial charge on any atom is 0.227 e. The summed E-state index contributed by atoms with van der Waals surface area (Å²) in [6, 6.07) is 7.28. The minimum atomic E-state index is -2.96. The van der Waals surface area contributed by atoms with Gasteiger partial charge in [0.1, 0.15) is 5.75 Å². The number of carbonyl (C=O) groups excluding carboxylic acids is 1. The van der Waals surface area contributed by atoms with Crippen molar-refractivity contribution in [1.82, 2.24) is 4.90 Å². The molecule has 1 aromatic carbocycles. The van der Waals surface area contributed by atoms with E-state index in [4.69, 9.17) is 4.74 Å². The lowest BCUT2D eigenvalue weighted by Gasteiger charge is -2.27. The summed E-state index contributed by atoms with van der Waals surface area (Å²) in [5, 5.41) is -0.353. The van der Waals surface area contributed by atoms with E-state index in [0.29, 0.717) is 18.7 Å². The highest BCUT2D eigenvalue weighted by atomic mass is 32.2. The van der Waals surface area contributed by atoms with Crippen LogP contribution in [0.1, 0.15) is 12.0 Å². The van der Waals surface area contributed by atoms with Crippen LogP contribution in [0.2, 0.25) is 0 Å². The van der Waals surface area contributed by atoms with Crippen molar-refractivity contribution in [2.24, 2.45) is 0 Å². The van der Waals surface area contributed by atoms with Gasteiger partial charge in [-0.2, -0.15) is 0 Å². The third-order valence-electron chi connectivity index (χ3n) is 4.16. The zero-order valence-corrected chi connectivity index (χ0v) is 12.1. The van der Waals surface area contributed by atoms with Crippen LogP contribution in [0.25, 0.3) is 0 Å². The first kappa shape index (κ1) is 13.4. The first-order valence-electron chi connectivity index (χ1n) is 6.64. The van der Waals surface area contributed by atoms with Crippen LogP contribution in [0.3, 0.4) is 0 Å². The number of hydrogen-bond donors (Lipinski definition) is 0. The fraction of sp³-hybridized carbons (Fsp3) is 0.500. The number of benzene rings is 1. The molecule has 20 heavy (non-hydrogen) atoms. The molecule has 0 spiro atoms. The Morgan fingerprint density at radius 2 is 2.15 bits per heavy atom. The second-order valence-corrected chi connectivity index (χ2v) is 7.70. The van der Waals surface area contributed by atoms with Crippen LogP contribution in [0, 0.1) is 0 Å². The highest BCUT2D eigenvalue weighted by molar-refractivity contribution is 7.92. The van der Waals surface area contributed by atoms with Gasteiger partial charge >= 0.3 is 0 Å². The molecular weight excluding hydrogens is 278 g/mol. The van der Waals surface area contributed by atoms with Gasteiger partial charge in [0.2, 0.25) is 5.91 Å². The predicted molar refractivity (Wildman–Crippen MR) is 74.4 cm³/mol. The van der Waals surface area contributed by atoms with Crippen molar-refractivity contribution in [3.63, 3.8) is 0 Å². The molecule has 2 aliphatic rings. The van der Waals surface area contributed by atoms with Crippen molar-refractivity contribution in [2.45, 2.75) is 24.1 Å². The Labute approximate surface area is 118 Å². The van der Waals surface area contributed by atoms with E-state index in [1.807, 2.05) is 24.3 Å². The Kier molecular flexibility index (Phi) is 3.20. The molecule has 2 unspecified atom stereocenters. The van der Waals surface area contributed by atoms with Crippen LogP contribution in [-0.4, -0.2) is 49.9 Å². The van der Waals surface area contributed by atoms with E-state index < -0.39 is 9.84 Å². The number of rotatable bonds is 3. The lowest BCUT2D eigenvalue weighted by Crippen LogP contribution is -2.44. The Morgan fingerprint density at radius 1 is 1.40 bits per heavy atom. The first-order chi connectivity index (χ1) is 9.51. The predicted octanol–water partition coefficient (Wildman–Crippen LogP) is 0.636. The third-order valence-corrected chi connectivity index (χ3v) is 6.37. The number of para-hydroxylation sites is 1. The van der Waals surface area contributed by atoms with Gasteiger partial charge in [-0.3, -0.25) is 4.79 Å². The van der Waals surface area contributed by atoms with E-state index in [1.165, 1.54) is 0 Å². The Hall–Kier alpha value is -1.56. The topological polar surface area (TPSA) is 63.7 Å². The van der Waals surface area contributed by atoms with Crippen molar-refractivity contribution in [2.75, 3.05) is 19.4 Å². The quantitative estimate of drug-likeness (QED) is 0.821. The van der Waals surface area contributed by atoms with Gasteiger partial charge in [0.15, 0.2) is 9.84 Å². The molecular formula is C14H17NO4S. The molecule has 0 aromatic heterocycles. The average molecular weight is 295 g/mol. The summed E-state index contributed by atoms with van der Waals surface area (Å²) < 4.78 is 28.6. The summed E-state index contributed by atoms with van der Waals surface area (Å²) in [4.78, 5) is 14.1. The molecule has 0 radical (unpaired) electrons. The van der Waals surface area contributed by atoms with Crippen LogP contribution in [-0.2, 0) is 21.1 Å². The van der Waals surface area contributed by atoms with Crippen LogP contribution in [0.5, 0.6) is 5.75 Å². The maximum absolute atomic E-state index is 12.4. The highest BCUT2D eigenvalue weighted by Crippen LogP contribution is 2.33. The molecule has 2 saturated heterocycles. The summed E-state index contributed by atoms with van der Waals surface area (Å²) >= 11 is 0. The number of nitrogens with zero attached hydrogens (tertiary/aromatic N) is 1. The number of ether oxygens (including phenoxy) is 1. The lowest BCUT2D eigenvalue weighted by atomic mass is 10.1. The fourth-order valence-corrected chi connectivity index (χ4v) is 5.14. The summed E-state index contributed by atoms with van der Waals surface area (Å²) in [7, 11) is -1.38. The van der Waals surface area contributed by atoms with E-state index in [0.717, 1.165) is 5.56 Å². The molecule has 2 aliphatic heterocycles. The molecule has 5 nitrogen and oxygen atoms in total. The molecule has 6 heteroatoms. The first-order valence-corrected chi connectivity index (χ1v) is 8.36. The fourth-order valence-electron chi connectivity index (χ4n) is 3.12. The van der Waals surface area contributed by atoms with Gasteiger partial charge in [0.05, 0.1) is 24.5 Å². The van der Waals surface area contributed by atoms with Crippen LogP contribution >= 0.6 is 0 Å². The number of hydrogen-bond acceptors (Lipinski definition) is 4. The normalized spacial score (nSPS) is 26.8. The standard InChI is InChI=1S/C14H17NO4S/c1-19-13-5-3-2-4-10(13)6-14(16)15-8-12-7-11(15)9-20(12,17)18/h2-5,11-12H,6-9H2,1H3. The number of sulfone groups is 1. The SMILES string of the molecule is COc1ccccc1CC(=O)N1CC2CC1CS2(=O)=O. The maximum atomic E-state index is 12.4. The van der Waals surface area contributed by atoms with Gasteiger partial charge in [-0.25, -0.2) is 8.42 Å². The van der Waals surface area contributed by atoms with Gasteiger partial charge < -0.3 is 9.64 Å². The Balaban J connectivity index is 1.73. The van der Waals surface area contributed by atoms with E-state index in [1.54, 1.807) is 12.0 Å². The Bertz CT molecular complexity index is 640. The molecule has 2 heterocycles. The second-order valence-electron chi connectivity index (χ2n) is 5.38. The molecule has 2 bridgehead atoms. The van der Waals surface area contributed by atoms with Gasteiger partial charge in [-0.15, -0.1) is 0 Å². The summed E-state index contributed by atoms with van der Waals surface area (Å²) in [5.74, 6) is 0.796. The van der Waals surface area contributed by atoms with Crippen molar-refractivity contribution < 1.29 is 17.9 Å². The van der Waals surface area contributed by atoms with Gasteiger partial charge in [0.25, 0.3) is 0 Å². The van der Waals surface area contributed by atoms with Gasteiger partial charge in [-0.1, -0.05) is 18.2 Å². The average Bonchev–Trinajstić information content (AvgIpc) is 2.95. The van der Waals surface area contributed by atoms with Crippen molar-refractivity contribution >= 4 is 15.7 Å². The molecule has 3 rings (SSSR count). The minimum Gasteiger partial charge on any atom is -0.496 e. The van der Waals surface area contributed by atoms with Gasteiger partial charge in [0, 0.05) is 18.2 Å². The largest absolute Gasteiger partial charge is 0.496 e. The van der Waals surface area contributed by atoms with Crippen molar-refractivity contribution in [1.29, 1.82) is 0 Å². The van der Waals surface area contributed by atoms with Crippen molar-refractivity contribution in [3.8, 4) is 5.75 Å². The van der Waals surface area contributed by atoms with Crippen LogP contribution < -0.4 is 4.74 Å². The van der Waals surface area contributed by atoms with E-state index in [9.17, 15) is 13.2 Å². The minimum absolute atomic E-state index is 0.0168. The number of carbonyl (C=O) groups is 1. The molecule has 0 N–H and O–H groups in total. The Morgan fingerprint density at radius 3 is 2.75 bits per heavy atom. The van der Waals surface area contributed by atoms with Crippen LogP contribution in [0.4, 0.5) is 0 Å². The molecule has 1 aromatic rings. The van der Waals surface area contributed by atoms with Crippen molar-refractivity contribution in [3.05, 3.63) is 29.8 Å². The van der Waals surface area contributed by atoms with Gasteiger partial charge in [-0.05, 0) is 12.5 Å². The summed E-state index contributed by atoms with van der Waals surface area (Å²) in [5.41, 5.74) is 0.839. The third kappa shape index (κ3) is 2.18. The van der Waals surface area contributed by atoms with E-state index in [2.05, 4.69) is 0 Å². The highest BCUT2D eigenvalue weighted by Gasteiger charge is 2.49. The van der Waals surface area contributed by atoms with Crippen LogP contribution in [0.15, 0.2) is 24.3 Å². The monoisotopic (exact) mass is 295 g/mol. The number of likely N-dealkylation sites (tertiary alicyclic amines) is 1. The lowest BCUT2D eigenvalue weighted by molar-refractivity contribution is -0.131. The molecule has 2 atom stereocenters. The number of fused-ring (bicyclic) bond motifs is 2.